The van der Waals surface area contributed by atoms with E-state index in [0.717, 1.165) is 25.8 Å². The van der Waals surface area contributed by atoms with Crippen molar-refractivity contribution in [3.05, 3.63) is 29.8 Å². The van der Waals surface area contributed by atoms with Crippen LogP contribution in [0.2, 0.25) is 0 Å². The van der Waals surface area contributed by atoms with E-state index in [9.17, 15) is 13.2 Å². The number of piperidine rings is 1. The largest absolute Gasteiger partial charge is 0.352 e. The highest BCUT2D eigenvalue weighted by atomic mass is 35.5. The van der Waals surface area contributed by atoms with Crippen LogP contribution in [0.4, 0.5) is 0 Å². The second-order valence-corrected chi connectivity index (χ2v) is 7.57. The zero-order valence-corrected chi connectivity index (χ0v) is 14.3. The Morgan fingerprint density at radius 2 is 2.00 bits per heavy atom. The highest BCUT2D eigenvalue weighted by Gasteiger charge is 2.13. The molecule has 2 N–H and O–H groups in total. The number of carbonyl (C=O) groups is 1. The Labute approximate surface area is 138 Å². The van der Waals surface area contributed by atoms with Gasteiger partial charge < -0.3 is 10.6 Å². The number of carbonyl (C=O) groups excluding carboxylic acids is 1. The molecule has 1 amide bonds. The minimum absolute atomic E-state index is 0. The van der Waals surface area contributed by atoms with Crippen molar-refractivity contribution in [3.8, 4) is 0 Å². The van der Waals surface area contributed by atoms with Gasteiger partial charge in [0.1, 0.15) is 0 Å². The van der Waals surface area contributed by atoms with Gasteiger partial charge in [0.25, 0.3) is 5.91 Å². The predicted molar refractivity (Wildman–Crippen MR) is 89.3 cm³/mol. The van der Waals surface area contributed by atoms with Gasteiger partial charge in [-0.1, -0.05) is 0 Å². The van der Waals surface area contributed by atoms with Gasteiger partial charge in [-0.05, 0) is 62.5 Å². The minimum Gasteiger partial charge on any atom is -0.352 e. The van der Waals surface area contributed by atoms with Crippen LogP contribution in [0.25, 0.3) is 0 Å². The van der Waals surface area contributed by atoms with Crippen molar-refractivity contribution in [2.24, 2.45) is 5.92 Å². The first-order valence-electron chi connectivity index (χ1n) is 7.26. The van der Waals surface area contributed by atoms with E-state index in [1.807, 2.05) is 0 Å². The number of sulfone groups is 1. The van der Waals surface area contributed by atoms with Crippen LogP contribution in [0.1, 0.15) is 29.6 Å². The maximum Gasteiger partial charge on any atom is 0.251 e. The molecule has 5 nitrogen and oxygen atoms in total. The summed E-state index contributed by atoms with van der Waals surface area (Å²) in [6, 6.07) is 6.03. The fourth-order valence-electron chi connectivity index (χ4n) is 2.52. The molecule has 0 aromatic heterocycles. The first kappa shape index (κ1) is 18.9. The molecule has 22 heavy (non-hydrogen) atoms. The van der Waals surface area contributed by atoms with E-state index in [-0.39, 0.29) is 23.2 Å². The van der Waals surface area contributed by atoms with Crippen molar-refractivity contribution >= 4 is 28.2 Å². The van der Waals surface area contributed by atoms with Gasteiger partial charge in [-0.15, -0.1) is 12.4 Å². The van der Waals surface area contributed by atoms with Gasteiger partial charge in [0.2, 0.25) is 0 Å². The van der Waals surface area contributed by atoms with Gasteiger partial charge in [-0.25, -0.2) is 8.42 Å². The standard InChI is InChI=1S/C15H22N2O3S.ClH/c1-21(19,20)14-6-4-13(5-7-14)15(18)17-10-8-12-3-2-9-16-11-12;/h4-7,12,16H,2-3,8-11H2,1H3,(H,17,18);1H. The summed E-state index contributed by atoms with van der Waals surface area (Å²) in [7, 11) is -3.22. The predicted octanol–water partition coefficient (Wildman–Crippen LogP) is 1.63. The molecular formula is C15H23ClN2O3S. The van der Waals surface area contributed by atoms with Crippen molar-refractivity contribution in [1.29, 1.82) is 0 Å². The average Bonchev–Trinajstić information content (AvgIpc) is 2.47. The molecule has 7 heteroatoms. The third-order valence-electron chi connectivity index (χ3n) is 3.78. The molecule has 1 aromatic rings. The van der Waals surface area contributed by atoms with E-state index in [0.29, 0.717) is 18.0 Å². The third-order valence-corrected chi connectivity index (χ3v) is 4.91. The van der Waals surface area contributed by atoms with Crippen LogP contribution in [0, 0.1) is 5.92 Å². The quantitative estimate of drug-likeness (QED) is 0.849. The molecule has 1 aliphatic rings. The van der Waals surface area contributed by atoms with E-state index < -0.39 is 9.84 Å². The highest BCUT2D eigenvalue weighted by Crippen LogP contribution is 2.13. The van der Waals surface area contributed by atoms with E-state index in [1.54, 1.807) is 12.1 Å². The number of benzene rings is 1. The molecule has 1 heterocycles. The molecule has 2 rings (SSSR count). The molecule has 1 saturated heterocycles. The summed E-state index contributed by atoms with van der Waals surface area (Å²) in [6.45, 7) is 2.77. The Kier molecular flexibility index (Phi) is 7.32. The van der Waals surface area contributed by atoms with Gasteiger partial charge in [0.15, 0.2) is 9.84 Å². The average molecular weight is 347 g/mol. The number of halogens is 1. The SMILES string of the molecule is CS(=O)(=O)c1ccc(C(=O)NCCC2CCCNC2)cc1.Cl. The summed E-state index contributed by atoms with van der Waals surface area (Å²) in [5.74, 6) is 0.477. The Bertz CT molecular complexity index is 581. The summed E-state index contributed by atoms with van der Waals surface area (Å²) in [5.41, 5.74) is 0.490. The molecule has 0 radical (unpaired) electrons. The zero-order chi connectivity index (χ0) is 15.3. The van der Waals surface area contributed by atoms with Gasteiger partial charge in [0, 0.05) is 18.4 Å². The number of hydrogen-bond donors (Lipinski definition) is 2. The maximum absolute atomic E-state index is 12.0. The lowest BCUT2D eigenvalue weighted by Gasteiger charge is -2.22. The Hall–Kier alpha value is -1.11. The number of nitrogens with one attached hydrogen (secondary N) is 2. The number of rotatable bonds is 5. The fraction of sp³-hybridized carbons (Fsp3) is 0.533. The van der Waals surface area contributed by atoms with Crippen LogP contribution in [0.3, 0.4) is 0 Å². The molecule has 1 atom stereocenters. The summed E-state index contributed by atoms with van der Waals surface area (Å²) in [4.78, 5) is 12.2. The molecule has 0 spiro atoms. The van der Waals surface area contributed by atoms with Crippen LogP contribution in [-0.2, 0) is 9.84 Å². The Morgan fingerprint density at radius 3 is 2.55 bits per heavy atom. The first-order valence-corrected chi connectivity index (χ1v) is 9.15. The van der Waals surface area contributed by atoms with Crippen LogP contribution < -0.4 is 10.6 Å². The number of hydrogen-bond acceptors (Lipinski definition) is 4. The lowest BCUT2D eigenvalue weighted by Crippen LogP contribution is -2.33. The van der Waals surface area contributed by atoms with Crippen molar-refractivity contribution in [1.82, 2.24) is 10.6 Å². The summed E-state index contributed by atoms with van der Waals surface area (Å²) < 4.78 is 22.7. The summed E-state index contributed by atoms with van der Waals surface area (Å²) >= 11 is 0. The topological polar surface area (TPSA) is 75.3 Å². The maximum atomic E-state index is 12.0. The van der Waals surface area contributed by atoms with E-state index in [1.165, 1.54) is 25.0 Å². The Morgan fingerprint density at radius 1 is 1.32 bits per heavy atom. The first-order chi connectivity index (χ1) is 9.97. The van der Waals surface area contributed by atoms with Gasteiger partial charge in [-0.2, -0.15) is 0 Å². The normalized spacial score (nSPS) is 18.3. The molecule has 1 aromatic carbocycles. The number of amides is 1. The van der Waals surface area contributed by atoms with Crippen molar-refractivity contribution in [2.45, 2.75) is 24.2 Å². The van der Waals surface area contributed by atoms with Crippen LogP contribution in [0.15, 0.2) is 29.2 Å². The van der Waals surface area contributed by atoms with E-state index in [2.05, 4.69) is 10.6 Å². The molecular weight excluding hydrogens is 324 g/mol. The molecule has 0 saturated carbocycles. The van der Waals surface area contributed by atoms with E-state index >= 15 is 0 Å². The lowest BCUT2D eigenvalue weighted by atomic mass is 9.96. The van der Waals surface area contributed by atoms with Gasteiger partial charge in [-0.3, -0.25) is 4.79 Å². The molecule has 1 fully saturated rings. The third kappa shape index (κ3) is 5.59. The van der Waals surface area contributed by atoms with Crippen molar-refractivity contribution < 1.29 is 13.2 Å². The van der Waals surface area contributed by atoms with Gasteiger partial charge in [0.05, 0.1) is 4.90 Å². The van der Waals surface area contributed by atoms with Crippen LogP contribution in [-0.4, -0.2) is 40.2 Å². The minimum atomic E-state index is -3.22. The Balaban J connectivity index is 0.00000242. The van der Waals surface area contributed by atoms with Gasteiger partial charge >= 0.3 is 0 Å². The lowest BCUT2D eigenvalue weighted by molar-refractivity contribution is 0.0950. The molecule has 1 unspecified atom stereocenters. The van der Waals surface area contributed by atoms with Crippen LogP contribution in [0.5, 0.6) is 0 Å². The second kappa shape index (κ2) is 8.50. The smallest absolute Gasteiger partial charge is 0.251 e. The molecule has 0 bridgehead atoms. The van der Waals surface area contributed by atoms with Crippen LogP contribution >= 0.6 is 12.4 Å². The second-order valence-electron chi connectivity index (χ2n) is 5.55. The zero-order valence-electron chi connectivity index (χ0n) is 12.7. The van der Waals surface area contributed by atoms with Crippen molar-refractivity contribution in [2.75, 3.05) is 25.9 Å². The summed E-state index contributed by atoms with van der Waals surface area (Å²) in [5, 5.41) is 6.24. The molecule has 0 aliphatic carbocycles. The van der Waals surface area contributed by atoms with E-state index in [4.69, 9.17) is 0 Å². The molecule has 1 aliphatic heterocycles. The summed E-state index contributed by atoms with van der Waals surface area (Å²) in [6.07, 6.45) is 4.54. The van der Waals surface area contributed by atoms with Crippen molar-refractivity contribution in [3.63, 3.8) is 0 Å². The highest BCUT2D eigenvalue weighted by molar-refractivity contribution is 7.90. The fourth-order valence-corrected chi connectivity index (χ4v) is 3.15. The molecule has 124 valence electrons. The monoisotopic (exact) mass is 346 g/mol.